The fourth-order valence-corrected chi connectivity index (χ4v) is 5.80. The topological polar surface area (TPSA) is 66.6 Å². The molecule has 2 aromatic rings. The van der Waals surface area contributed by atoms with E-state index >= 15 is 0 Å². The zero-order valence-electron chi connectivity index (χ0n) is 18.6. The Balaban J connectivity index is 0.00000289. The Morgan fingerprint density at radius 3 is 2.34 bits per heavy atom. The van der Waals surface area contributed by atoms with Gasteiger partial charge in [-0.2, -0.15) is 0 Å². The first-order chi connectivity index (χ1) is 14.9. The molecule has 1 saturated heterocycles. The third-order valence-corrected chi connectivity index (χ3v) is 6.90. The van der Waals surface area contributed by atoms with Crippen molar-refractivity contribution < 1.29 is 31.9 Å². The molecule has 170 valence electrons. The smallest absolute Gasteiger partial charge is 0.338 e. The van der Waals surface area contributed by atoms with Gasteiger partial charge in [0.25, 0.3) is 5.85 Å². The van der Waals surface area contributed by atoms with Gasteiger partial charge in [0.1, 0.15) is 11.4 Å². The number of ether oxygens (including phenoxy) is 1. The third kappa shape index (κ3) is 4.06. The molecule has 0 aromatic heterocycles. The highest BCUT2D eigenvalue weighted by molar-refractivity contribution is 8.14. The Hall–Kier alpha value is -2.32. The van der Waals surface area contributed by atoms with Gasteiger partial charge in [-0.3, -0.25) is 9.80 Å². The van der Waals surface area contributed by atoms with E-state index in [1.807, 2.05) is 72.5 Å². The first kappa shape index (κ1) is 24.3. The summed E-state index contributed by atoms with van der Waals surface area (Å²) in [6, 6.07) is 19.3. The maximum Gasteiger partial charge on any atom is 0.338 e. The average Bonchev–Trinajstić information content (AvgIpc) is 3.09. The van der Waals surface area contributed by atoms with Gasteiger partial charge in [-0.15, -0.1) is 0 Å². The van der Waals surface area contributed by atoms with Crippen molar-refractivity contribution >= 4 is 28.6 Å². The standard InChI is InChI=1S/C24H27N3O3S.ClH/c1-16(2)26(19-13-9-6-10-14-19)24(29)15-31-23-25-17(3)20(22(28)30-4)21(27(23)24)18-11-7-5-8-12-18;/h5-14,16,21,29H,15H2,1-4H3;1H. The molecule has 4 rings (SSSR count). The summed E-state index contributed by atoms with van der Waals surface area (Å²) in [5, 5.41) is 13.0. The number of para-hydroxylation sites is 1. The number of aliphatic imine (C=N–C) groups is 1. The van der Waals surface area contributed by atoms with E-state index in [9.17, 15) is 9.90 Å². The summed E-state index contributed by atoms with van der Waals surface area (Å²) in [4.78, 5) is 20.4. The first-order valence-corrected chi connectivity index (χ1v) is 11.4. The van der Waals surface area contributed by atoms with Crippen molar-refractivity contribution in [3.8, 4) is 0 Å². The molecule has 2 aromatic carbocycles. The van der Waals surface area contributed by atoms with Crippen LogP contribution in [-0.2, 0) is 9.53 Å². The van der Waals surface area contributed by atoms with Crippen molar-refractivity contribution in [2.45, 2.75) is 38.7 Å². The number of amidine groups is 1. The summed E-state index contributed by atoms with van der Waals surface area (Å²) in [5.41, 5.74) is 2.97. The third-order valence-electron chi connectivity index (χ3n) is 5.81. The minimum absolute atomic E-state index is 0. The minimum atomic E-state index is -1.31. The SMILES string of the molecule is COC(=O)C1=C(C)N=C2SCC(O)([NH+](c3ccccc3)C(C)C)N2C1c1ccccc1.[Cl-]. The number of rotatable bonds is 5. The number of quaternary nitrogens is 1. The van der Waals surface area contributed by atoms with Crippen molar-refractivity contribution in [2.24, 2.45) is 4.99 Å². The van der Waals surface area contributed by atoms with E-state index in [4.69, 9.17) is 9.73 Å². The van der Waals surface area contributed by atoms with Crippen molar-refractivity contribution in [3.63, 3.8) is 0 Å². The molecule has 8 heteroatoms. The number of esters is 1. The van der Waals surface area contributed by atoms with Gasteiger partial charge in [-0.1, -0.05) is 60.3 Å². The van der Waals surface area contributed by atoms with Crippen LogP contribution in [0.3, 0.4) is 0 Å². The van der Waals surface area contributed by atoms with Gasteiger partial charge >= 0.3 is 5.97 Å². The largest absolute Gasteiger partial charge is 1.00 e. The number of nitrogens with one attached hydrogen (secondary N) is 1. The highest BCUT2D eigenvalue weighted by Gasteiger charge is 2.59. The van der Waals surface area contributed by atoms with Crippen LogP contribution < -0.4 is 17.3 Å². The minimum Gasteiger partial charge on any atom is -1.00 e. The molecular formula is C24H28ClN3O3S. The van der Waals surface area contributed by atoms with Gasteiger partial charge in [0.05, 0.1) is 30.5 Å². The maximum atomic E-state index is 12.9. The molecule has 32 heavy (non-hydrogen) atoms. The van der Waals surface area contributed by atoms with Crippen LogP contribution in [0.15, 0.2) is 76.9 Å². The fourth-order valence-electron chi connectivity index (χ4n) is 4.58. The number of hydrogen-bond donors (Lipinski definition) is 2. The van der Waals surface area contributed by atoms with E-state index in [-0.39, 0.29) is 18.4 Å². The van der Waals surface area contributed by atoms with Crippen LogP contribution in [0.2, 0.25) is 0 Å². The number of hydrogen-bond acceptors (Lipinski definition) is 6. The molecule has 0 aliphatic carbocycles. The molecule has 0 radical (unpaired) electrons. The quantitative estimate of drug-likeness (QED) is 0.468. The Labute approximate surface area is 199 Å². The van der Waals surface area contributed by atoms with Gasteiger partial charge in [-0.25, -0.2) is 9.79 Å². The molecule has 0 bridgehead atoms. The Morgan fingerprint density at radius 1 is 1.19 bits per heavy atom. The summed E-state index contributed by atoms with van der Waals surface area (Å²) in [6.45, 7) is 6.00. The number of halogens is 1. The Morgan fingerprint density at radius 2 is 1.78 bits per heavy atom. The predicted molar refractivity (Wildman–Crippen MR) is 123 cm³/mol. The monoisotopic (exact) mass is 473 g/mol. The zero-order valence-corrected chi connectivity index (χ0v) is 20.2. The number of nitrogens with zero attached hydrogens (tertiary/aromatic N) is 2. The number of thioether (sulfide) groups is 1. The molecule has 2 aliphatic rings. The van der Waals surface area contributed by atoms with Gasteiger partial charge in [0, 0.05) is 0 Å². The van der Waals surface area contributed by atoms with E-state index in [0.29, 0.717) is 17.0 Å². The van der Waals surface area contributed by atoms with Crippen LogP contribution >= 0.6 is 11.8 Å². The molecule has 2 N–H and O–H groups in total. The summed E-state index contributed by atoms with van der Waals surface area (Å²) >= 11 is 1.52. The maximum absolute atomic E-state index is 12.9. The van der Waals surface area contributed by atoms with Gasteiger partial charge in [0.2, 0.25) is 0 Å². The van der Waals surface area contributed by atoms with Crippen molar-refractivity contribution in [1.29, 1.82) is 0 Å². The van der Waals surface area contributed by atoms with Crippen LogP contribution in [-0.4, -0.2) is 45.9 Å². The lowest BCUT2D eigenvalue weighted by Gasteiger charge is -2.45. The van der Waals surface area contributed by atoms with E-state index in [2.05, 4.69) is 13.8 Å². The van der Waals surface area contributed by atoms with Crippen molar-refractivity contribution in [1.82, 2.24) is 4.90 Å². The van der Waals surface area contributed by atoms with Crippen LogP contribution in [0.4, 0.5) is 5.69 Å². The number of aliphatic hydroxyl groups is 1. The second-order valence-corrected chi connectivity index (χ2v) is 9.05. The number of benzene rings is 2. The highest BCUT2D eigenvalue weighted by Crippen LogP contribution is 2.45. The molecule has 2 heterocycles. The molecule has 3 unspecified atom stereocenters. The second-order valence-electron chi connectivity index (χ2n) is 8.11. The van der Waals surface area contributed by atoms with Crippen molar-refractivity contribution in [2.75, 3.05) is 12.9 Å². The van der Waals surface area contributed by atoms with E-state index in [1.54, 1.807) is 0 Å². The van der Waals surface area contributed by atoms with Crippen LogP contribution in [0.1, 0.15) is 32.4 Å². The van der Waals surface area contributed by atoms with E-state index in [0.717, 1.165) is 21.3 Å². The van der Waals surface area contributed by atoms with Gasteiger partial charge < -0.3 is 22.3 Å². The number of methoxy groups -OCH3 is 1. The Kier molecular flexibility index (Phi) is 7.35. The van der Waals surface area contributed by atoms with Crippen molar-refractivity contribution in [3.05, 3.63) is 77.5 Å². The average molecular weight is 474 g/mol. The molecule has 1 fully saturated rings. The molecular weight excluding hydrogens is 446 g/mol. The lowest BCUT2D eigenvalue weighted by molar-refractivity contribution is -0.950. The lowest BCUT2D eigenvalue weighted by Crippen LogP contribution is -3.21. The van der Waals surface area contributed by atoms with Gasteiger partial charge in [-0.05, 0) is 38.5 Å². The van der Waals surface area contributed by atoms with Crippen LogP contribution in [0, 0.1) is 0 Å². The highest BCUT2D eigenvalue weighted by atomic mass is 35.5. The molecule has 3 atom stereocenters. The molecule has 0 amide bonds. The number of carbonyl (C=O) groups excluding carboxylic acids is 1. The summed E-state index contributed by atoms with van der Waals surface area (Å²) in [5.74, 6) is -1.31. The summed E-state index contributed by atoms with van der Waals surface area (Å²) in [7, 11) is 1.38. The number of carbonyl (C=O) groups is 1. The van der Waals surface area contributed by atoms with Crippen LogP contribution in [0.5, 0.6) is 0 Å². The zero-order chi connectivity index (χ0) is 22.2. The Bertz CT molecular complexity index is 1030. The van der Waals surface area contributed by atoms with E-state index in [1.165, 1.54) is 18.9 Å². The number of fused-ring (bicyclic) bond motifs is 1. The predicted octanol–water partition coefficient (Wildman–Crippen LogP) is -0.132. The molecule has 2 aliphatic heterocycles. The fraction of sp³-hybridized carbons (Fsp3) is 0.333. The normalized spacial score (nSPS) is 23.4. The van der Waals surface area contributed by atoms with E-state index < -0.39 is 17.9 Å². The molecule has 0 spiro atoms. The van der Waals surface area contributed by atoms with Gasteiger partial charge in [0.15, 0.2) is 5.17 Å². The molecule has 0 saturated carbocycles. The lowest BCUT2D eigenvalue weighted by atomic mass is 9.93. The second kappa shape index (κ2) is 9.67. The van der Waals surface area contributed by atoms with Crippen LogP contribution in [0.25, 0.3) is 0 Å². The first-order valence-electron chi connectivity index (χ1n) is 10.4. The number of allylic oxidation sites excluding steroid dienone is 1. The summed E-state index contributed by atoms with van der Waals surface area (Å²) in [6.07, 6.45) is 0. The molecule has 6 nitrogen and oxygen atoms in total. The summed E-state index contributed by atoms with van der Waals surface area (Å²) < 4.78 is 5.13.